The molecule has 1 fully saturated rings. The number of nitrogens with one attached hydrogen (secondary N) is 1. The van der Waals surface area contributed by atoms with Crippen LogP contribution < -0.4 is 5.32 Å². The quantitative estimate of drug-likeness (QED) is 0.387. The van der Waals surface area contributed by atoms with Crippen LogP contribution in [0.2, 0.25) is 5.02 Å². The number of carbonyl (C=O) groups excluding carboxylic acids is 1. The van der Waals surface area contributed by atoms with Crippen LogP contribution in [0.4, 0.5) is 5.82 Å². The van der Waals surface area contributed by atoms with E-state index < -0.39 is 0 Å². The first kappa shape index (κ1) is 21.0. The summed E-state index contributed by atoms with van der Waals surface area (Å²) in [7, 11) is 0. The zero-order valence-corrected chi connectivity index (χ0v) is 19.5. The Hall–Kier alpha value is -2.84. The highest BCUT2D eigenvalue weighted by Gasteiger charge is 2.25. The van der Waals surface area contributed by atoms with E-state index in [1.165, 1.54) is 12.5 Å². The molecule has 1 atom stereocenters. The van der Waals surface area contributed by atoms with Gasteiger partial charge in [-0.25, -0.2) is 4.98 Å². The molecule has 5 rings (SSSR count). The Labute approximate surface area is 198 Å². The third-order valence-corrected chi connectivity index (χ3v) is 6.61. The molecule has 0 spiro atoms. The third kappa shape index (κ3) is 4.12. The zero-order valence-electron chi connectivity index (χ0n) is 17.2. The lowest BCUT2D eigenvalue weighted by Crippen LogP contribution is -2.41. The molecule has 0 aliphatic carbocycles. The van der Waals surface area contributed by atoms with Crippen LogP contribution in [0.5, 0.6) is 0 Å². The second kappa shape index (κ2) is 8.96. The van der Waals surface area contributed by atoms with Crippen LogP contribution in [-0.4, -0.2) is 45.0 Å². The van der Waals surface area contributed by atoms with Gasteiger partial charge in [0.2, 0.25) is 0 Å². The number of hydrogen-bond donors (Lipinski definition) is 1. The maximum absolute atomic E-state index is 12.7. The number of benzene rings is 1. The summed E-state index contributed by atoms with van der Waals surface area (Å²) in [5.41, 5.74) is 2.94. The van der Waals surface area contributed by atoms with E-state index in [9.17, 15) is 4.79 Å². The summed E-state index contributed by atoms with van der Waals surface area (Å²) in [6.07, 6.45) is 6.79. The first-order valence-electron chi connectivity index (χ1n) is 10.4. The molecule has 1 N–H and O–H groups in total. The van der Waals surface area contributed by atoms with Gasteiger partial charge in [-0.15, -0.1) is 0 Å². The number of furan rings is 1. The van der Waals surface area contributed by atoms with Crippen molar-refractivity contribution in [2.24, 2.45) is 5.92 Å². The minimum absolute atomic E-state index is 0.0202. The summed E-state index contributed by atoms with van der Waals surface area (Å²) in [4.78, 5) is 19.4. The summed E-state index contributed by atoms with van der Waals surface area (Å²) in [6, 6.07) is 11.3. The van der Waals surface area contributed by atoms with Crippen molar-refractivity contribution in [1.29, 1.82) is 0 Å². The molecule has 1 aliphatic rings. The maximum atomic E-state index is 12.7. The fourth-order valence-corrected chi connectivity index (χ4v) is 4.68. The molecule has 4 heterocycles. The van der Waals surface area contributed by atoms with E-state index in [4.69, 9.17) is 21.0 Å². The minimum atomic E-state index is 0.0202. The molecule has 3 aromatic heterocycles. The summed E-state index contributed by atoms with van der Waals surface area (Å²) in [6.45, 7) is 2.18. The molecule has 32 heavy (non-hydrogen) atoms. The van der Waals surface area contributed by atoms with Crippen molar-refractivity contribution in [2.75, 3.05) is 25.0 Å². The molecule has 1 aromatic carbocycles. The van der Waals surface area contributed by atoms with Gasteiger partial charge in [-0.2, -0.15) is 9.61 Å². The van der Waals surface area contributed by atoms with E-state index in [-0.39, 0.29) is 5.91 Å². The first-order chi connectivity index (χ1) is 15.6. The van der Waals surface area contributed by atoms with Crippen LogP contribution in [0.1, 0.15) is 23.2 Å². The lowest BCUT2D eigenvalue weighted by molar-refractivity contribution is 0.0679. The number of likely N-dealkylation sites (tertiary alicyclic amines) is 1. The van der Waals surface area contributed by atoms with Crippen molar-refractivity contribution >= 4 is 44.9 Å². The number of nitrogens with zero attached hydrogens (tertiary/aromatic N) is 4. The summed E-state index contributed by atoms with van der Waals surface area (Å²) in [5.74, 6) is 1.17. The fraction of sp³-hybridized carbons (Fsp3) is 0.261. The largest absolute Gasteiger partial charge is 0.472 e. The number of carbonyl (C=O) groups is 1. The van der Waals surface area contributed by atoms with Crippen molar-refractivity contribution in [1.82, 2.24) is 19.5 Å². The molecular weight excluding hydrogens is 494 g/mol. The van der Waals surface area contributed by atoms with Gasteiger partial charge >= 0.3 is 0 Å². The average Bonchev–Trinajstić information content (AvgIpc) is 3.48. The van der Waals surface area contributed by atoms with Gasteiger partial charge in [-0.3, -0.25) is 4.79 Å². The van der Waals surface area contributed by atoms with E-state index in [1.807, 2.05) is 35.2 Å². The Bertz CT molecular complexity index is 1260. The fourth-order valence-electron chi connectivity index (χ4n) is 4.10. The lowest BCUT2D eigenvalue weighted by atomic mass is 9.97. The van der Waals surface area contributed by atoms with Crippen LogP contribution in [0.15, 0.2) is 64.0 Å². The van der Waals surface area contributed by atoms with Crippen molar-refractivity contribution in [3.63, 3.8) is 0 Å². The standard InChI is InChI=1S/C23H21BrClN5O2/c24-18-12-27-30-21(10-20(28-22(18)30)17-5-1-2-6-19(17)25)26-11-15-4-3-8-29(13-15)23(31)16-7-9-32-14-16/h1-2,5-7,9-10,12,14-15,26H,3-4,8,11,13H2. The van der Waals surface area contributed by atoms with Crippen LogP contribution in [0.3, 0.4) is 0 Å². The van der Waals surface area contributed by atoms with Gasteiger partial charge in [0, 0.05) is 36.3 Å². The van der Waals surface area contributed by atoms with Crippen LogP contribution in [-0.2, 0) is 0 Å². The molecular formula is C23H21BrClN5O2. The number of anilines is 1. The van der Waals surface area contributed by atoms with Crippen molar-refractivity contribution in [3.8, 4) is 11.3 Å². The van der Waals surface area contributed by atoms with Crippen molar-refractivity contribution in [3.05, 3.63) is 70.2 Å². The molecule has 0 bridgehead atoms. The number of hydrogen-bond acceptors (Lipinski definition) is 5. The number of fused-ring (bicyclic) bond motifs is 1. The zero-order chi connectivity index (χ0) is 22.1. The maximum Gasteiger partial charge on any atom is 0.257 e. The van der Waals surface area contributed by atoms with E-state index >= 15 is 0 Å². The van der Waals surface area contributed by atoms with Gasteiger partial charge in [0.25, 0.3) is 5.91 Å². The van der Waals surface area contributed by atoms with Crippen molar-refractivity contribution in [2.45, 2.75) is 12.8 Å². The Morgan fingerprint density at radius 3 is 3.00 bits per heavy atom. The number of amides is 1. The smallest absolute Gasteiger partial charge is 0.257 e. The van der Waals surface area contributed by atoms with Gasteiger partial charge in [-0.1, -0.05) is 29.8 Å². The lowest BCUT2D eigenvalue weighted by Gasteiger charge is -2.32. The van der Waals surface area contributed by atoms with E-state index in [1.54, 1.807) is 16.8 Å². The molecule has 1 saturated heterocycles. The van der Waals surface area contributed by atoms with E-state index in [0.717, 1.165) is 40.9 Å². The Morgan fingerprint density at radius 1 is 1.31 bits per heavy atom. The number of rotatable bonds is 5. The molecule has 7 nitrogen and oxygen atoms in total. The Morgan fingerprint density at radius 2 is 2.19 bits per heavy atom. The molecule has 1 unspecified atom stereocenters. The monoisotopic (exact) mass is 513 g/mol. The summed E-state index contributed by atoms with van der Waals surface area (Å²) < 4.78 is 7.66. The second-order valence-corrected chi connectivity index (χ2v) is 9.15. The SMILES string of the molecule is O=C(c1ccoc1)N1CCCC(CNc2cc(-c3ccccc3Cl)nc3c(Br)cnn23)C1. The third-order valence-electron chi connectivity index (χ3n) is 5.72. The van der Waals surface area contributed by atoms with Gasteiger partial charge in [0.1, 0.15) is 12.1 Å². The average molecular weight is 515 g/mol. The predicted molar refractivity (Wildman–Crippen MR) is 127 cm³/mol. The van der Waals surface area contributed by atoms with Crippen LogP contribution in [0, 0.1) is 5.92 Å². The normalized spacial score (nSPS) is 16.4. The minimum Gasteiger partial charge on any atom is -0.472 e. The molecule has 1 aliphatic heterocycles. The number of aromatic nitrogens is 3. The van der Waals surface area contributed by atoms with Crippen LogP contribution >= 0.6 is 27.5 Å². The van der Waals surface area contributed by atoms with Gasteiger partial charge in [0.15, 0.2) is 5.65 Å². The van der Waals surface area contributed by atoms with E-state index in [0.29, 0.717) is 35.2 Å². The van der Waals surface area contributed by atoms with E-state index in [2.05, 4.69) is 26.3 Å². The Balaban J connectivity index is 1.37. The molecule has 164 valence electrons. The molecule has 4 aromatic rings. The van der Waals surface area contributed by atoms with Gasteiger partial charge < -0.3 is 14.6 Å². The number of piperidine rings is 1. The predicted octanol–water partition coefficient (Wildman–Crippen LogP) is 5.37. The molecule has 0 radical (unpaired) electrons. The molecule has 9 heteroatoms. The van der Waals surface area contributed by atoms with Crippen LogP contribution in [0.25, 0.3) is 16.9 Å². The first-order valence-corrected chi connectivity index (χ1v) is 11.6. The highest BCUT2D eigenvalue weighted by molar-refractivity contribution is 9.10. The molecule has 0 saturated carbocycles. The highest BCUT2D eigenvalue weighted by Crippen LogP contribution is 2.30. The topological polar surface area (TPSA) is 75.7 Å². The second-order valence-electron chi connectivity index (χ2n) is 7.89. The van der Waals surface area contributed by atoms with Crippen molar-refractivity contribution < 1.29 is 9.21 Å². The van der Waals surface area contributed by atoms with Gasteiger partial charge in [-0.05, 0) is 46.8 Å². The summed E-state index contributed by atoms with van der Waals surface area (Å²) >= 11 is 9.96. The Kier molecular flexibility index (Phi) is 5.89. The van der Waals surface area contributed by atoms with Gasteiger partial charge in [0.05, 0.1) is 28.2 Å². The summed E-state index contributed by atoms with van der Waals surface area (Å²) in [5, 5.41) is 8.63. The molecule has 1 amide bonds. The number of halogens is 2. The highest BCUT2D eigenvalue weighted by atomic mass is 79.9.